The molecule has 0 aromatic heterocycles. The normalized spacial score (nSPS) is 11.9. The molecule has 0 radical (unpaired) electrons. The average Bonchev–Trinajstić information content (AvgIpc) is 2.42. The van der Waals surface area contributed by atoms with E-state index in [-0.39, 0.29) is 12.5 Å². The minimum Gasteiger partial charge on any atom is -0.481 e. The molecule has 4 nitrogen and oxygen atoms in total. The standard InChI is InChI=1S/C14H20ClNO3S/c1-11(19-13-5-2-4-12(15)10-13)14(18)16-6-9-20-8-3-7-17/h2,4-5,10-11,17H,3,6-9H2,1H3,(H,16,18). The maximum atomic E-state index is 11.8. The Balaban J connectivity index is 2.22. The van der Waals surface area contributed by atoms with Crippen LogP contribution in [0.1, 0.15) is 13.3 Å². The molecule has 1 amide bonds. The highest BCUT2D eigenvalue weighted by atomic mass is 35.5. The van der Waals surface area contributed by atoms with Crippen LogP contribution in [-0.2, 0) is 4.79 Å². The van der Waals surface area contributed by atoms with E-state index in [0.29, 0.717) is 17.3 Å². The van der Waals surface area contributed by atoms with Gasteiger partial charge in [-0.15, -0.1) is 0 Å². The number of aliphatic hydroxyl groups excluding tert-OH is 1. The van der Waals surface area contributed by atoms with Gasteiger partial charge in [0.2, 0.25) is 0 Å². The van der Waals surface area contributed by atoms with Crippen molar-refractivity contribution in [2.45, 2.75) is 19.4 Å². The number of halogens is 1. The molecule has 1 unspecified atom stereocenters. The first-order valence-electron chi connectivity index (χ1n) is 6.52. The van der Waals surface area contributed by atoms with Gasteiger partial charge in [0.1, 0.15) is 5.75 Å². The summed E-state index contributed by atoms with van der Waals surface area (Å²) in [5.74, 6) is 2.17. The van der Waals surface area contributed by atoms with Crippen molar-refractivity contribution in [3.8, 4) is 5.75 Å². The lowest BCUT2D eigenvalue weighted by Gasteiger charge is -2.14. The molecular formula is C14H20ClNO3S. The van der Waals surface area contributed by atoms with Gasteiger partial charge in [0.05, 0.1) is 0 Å². The fraction of sp³-hybridized carbons (Fsp3) is 0.500. The molecule has 0 bridgehead atoms. The van der Waals surface area contributed by atoms with Crippen molar-refractivity contribution < 1.29 is 14.6 Å². The summed E-state index contributed by atoms with van der Waals surface area (Å²) >= 11 is 7.56. The van der Waals surface area contributed by atoms with E-state index in [1.165, 1.54) is 0 Å². The molecule has 0 spiro atoms. The van der Waals surface area contributed by atoms with Crippen molar-refractivity contribution in [3.05, 3.63) is 29.3 Å². The van der Waals surface area contributed by atoms with Crippen LogP contribution in [0.3, 0.4) is 0 Å². The van der Waals surface area contributed by atoms with Gasteiger partial charge in [-0.2, -0.15) is 11.8 Å². The summed E-state index contributed by atoms with van der Waals surface area (Å²) in [7, 11) is 0. The molecule has 0 aliphatic heterocycles. The molecule has 1 aromatic carbocycles. The lowest BCUT2D eigenvalue weighted by Crippen LogP contribution is -2.37. The number of hydrogen-bond donors (Lipinski definition) is 2. The molecule has 1 aromatic rings. The van der Waals surface area contributed by atoms with Crippen LogP contribution in [0.25, 0.3) is 0 Å². The lowest BCUT2D eigenvalue weighted by molar-refractivity contribution is -0.127. The maximum absolute atomic E-state index is 11.8. The molecule has 20 heavy (non-hydrogen) atoms. The smallest absolute Gasteiger partial charge is 0.260 e. The zero-order chi connectivity index (χ0) is 14.8. The first kappa shape index (κ1) is 17.1. The molecule has 0 heterocycles. The minimum atomic E-state index is -0.559. The Morgan fingerprint density at radius 1 is 1.50 bits per heavy atom. The van der Waals surface area contributed by atoms with E-state index >= 15 is 0 Å². The number of thioether (sulfide) groups is 1. The molecule has 0 saturated carbocycles. The SMILES string of the molecule is CC(Oc1cccc(Cl)c1)C(=O)NCCSCCCO. The average molecular weight is 318 g/mol. The van der Waals surface area contributed by atoms with Gasteiger partial charge in [-0.1, -0.05) is 17.7 Å². The fourth-order valence-corrected chi connectivity index (χ4v) is 2.42. The van der Waals surface area contributed by atoms with Gasteiger partial charge >= 0.3 is 0 Å². The summed E-state index contributed by atoms with van der Waals surface area (Å²) in [6, 6.07) is 6.97. The van der Waals surface area contributed by atoms with Gasteiger partial charge in [-0.3, -0.25) is 4.79 Å². The number of nitrogens with one attached hydrogen (secondary N) is 1. The van der Waals surface area contributed by atoms with E-state index in [1.807, 2.05) is 0 Å². The van der Waals surface area contributed by atoms with E-state index in [2.05, 4.69) is 5.32 Å². The summed E-state index contributed by atoms with van der Waals surface area (Å²) in [5, 5.41) is 12.0. The van der Waals surface area contributed by atoms with Crippen molar-refractivity contribution >= 4 is 29.3 Å². The first-order chi connectivity index (χ1) is 9.63. The molecule has 0 aliphatic carbocycles. The number of amides is 1. The Hall–Kier alpha value is -0.910. The van der Waals surface area contributed by atoms with Crippen LogP contribution in [0.5, 0.6) is 5.75 Å². The predicted molar refractivity (Wildman–Crippen MR) is 83.6 cm³/mol. The van der Waals surface area contributed by atoms with E-state index < -0.39 is 6.10 Å². The number of carbonyl (C=O) groups is 1. The predicted octanol–water partition coefficient (Wildman–Crippen LogP) is 2.34. The Kier molecular flexibility index (Phi) is 8.49. The summed E-state index contributed by atoms with van der Waals surface area (Å²) < 4.78 is 5.52. The molecule has 2 N–H and O–H groups in total. The van der Waals surface area contributed by atoms with E-state index in [4.69, 9.17) is 21.4 Å². The molecule has 1 atom stereocenters. The van der Waals surface area contributed by atoms with Crippen LogP contribution < -0.4 is 10.1 Å². The van der Waals surface area contributed by atoms with E-state index in [9.17, 15) is 4.79 Å². The van der Waals surface area contributed by atoms with E-state index in [0.717, 1.165) is 17.9 Å². The number of ether oxygens (including phenoxy) is 1. The third kappa shape index (κ3) is 7.03. The van der Waals surface area contributed by atoms with Crippen molar-refractivity contribution in [3.63, 3.8) is 0 Å². The van der Waals surface area contributed by atoms with Gasteiger partial charge in [0.25, 0.3) is 5.91 Å². The second-order valence-electron chi connectivity index (χ2n) is 4.20. The molecular weight excluding hydrogens is 298 g/mol. The van der Waals surface area contributed by atoms with Crippen LogP contribution >= 0.6 is 23.4 Å². The highest BCUT2D eigenvalue weighted by molar-refractivity contribution is 7.99. The molecule has 0 aliphatic rings. The van der Waals surface area contributed by atoms with Crippen molar-refractivity contribution in [2.75, 3.05) is 24.7 Å². The summed E-state index contributed by atoms with van der Waals surface area (Å²) in [6.45, 7) is 2.51. The highest BCUT2D eigenvalue weighted by Crippen LogP contribution is 2.18. The Morgan fingerprint density at radius 2 is 2.30 bits per heavy atom. The van der Waals surface area contributed by atoms with Gasteiger partial charge in [0, 0.05) is 23.9 Å². The van der Waals surface area contributed by atoms with Crippen LogP contribution in [-0.4, -0.2) is 41.8 Å². The van der Waals surface area contributed by atoms with Gasteiger partial charge in [-0.05, 0) is 37.3 Å². The summed E-state index contributed by atoms with van der Waals surface area (Å²) in [6.07, 6.45) is 0.225. The fourth-order valence-electron chi connectivity index (χ4n) is 1.46. The first-order valence-corrected chi connectivity index (χ1v) is 8.05. The largest absolute Gasteiger partial charge is 0.481 e. The van der Waals surface area contributed by atoms with Crippen LogP contribution in [0, 0.1) is 0 Å². The maximum Gasteiger partial charge on any atom is 0.260 e. The van der Waals surface area contributed by atoms with Crippen LogP contribution in [0.4, 0.5) is 0 Å². The van der Waals surface area contributed by atoms with Gasteiger partial charge < -0.3 is 15.2 Å². The van der Waals surface area contributed by atoms with Crippen molar-refractivity contribution in [2.24, 2.45) is 0 Å². The summed E-state index contributed by atoms with van der Waals surface area (Å²) in [5.41, 5.74) is 0. The topological polar surface area (TPSA) is 58.6 Å². The Morgan fingerprint density at radius 3 is 3.00 bits per heavy atom. The zero-order valence-corrected chi connectivity index (χ0v) is 13.0. The van der Waals surface area contributed by atoms with Gasteiger partial charge in [0.15, 0.2) is 6.10 Å². The van der Waals surface area contributed by atoms with Crippen molar-refractivity contribution in [1.82, 2.24) is 5.32 Å². The van der Waals surface area contributed by atoms with Crippen molar-refractivity contribution in [1.29, 1.82) is 0 Å². The lowest BCUT2D eigenvalue weighted by atomic mass is 10.3. The minimum absolute atomic E-state index is 0.146. The Labute approximate surface area is 128 Å². The summed E-state index contributed by atoms with van der Waals surface area (Å²) in [4.78, 5) is 11.8. The number of aliphatic hydroxyl groups is 1. The van der Waals surface area contributed by atoms with Crippen LogP contribution in [0.2, 0.25) is 5.02 Å². The number of hydrogen-bond acceptors (Lipinski definition) is 4. The molecule has 0 saturated heterocycles. The van der Waals surface area contributed by atoms with E-state index in [1.54, 1.807) is 43.0 Å². The molecule has 112 valence electrons. The highest BCUT2D eigenvalue weighted by Gasteiger charge is 2.13. The third-order valence-electron chi connectivity index (χ3n) is 2.47. The second-order valence-corrected chi connectivity index (χ2v) is 5.86. The van der Waals surface area contributed by atoms with Crippen LogP contribution in [0.15, 0.2) is 24.3 Å². The number of carbonyl (C=O) groups excluding carboxylic acids is 1. The quantitative estimate of drug-likeness (QED) is 0.686. The molecule has 1 rings (SSSR count). The number of rotatable bonds is 9. The second kappa shape index (κ2) is 9.91. The van der Waals surface area contributed by atoms with Gasteiger partial charge in [-0.25, -0.2) is 0 Å². The third-order valence-corrected chi connectivity index (χ3v) is 3.78. The number of benzene rings is 1. The molecule has 6 heteroatoms. The monoisotopic (exact) mass is 317 g/mol. The molecule has 0 fully saturated rings. The zero-order valence-electron chi connectivity index (χ0n) is 11.5. The Bertz CT molecular complexity index is 417.